The summed E-state index contributed by atoms with van der Waals surface area (Å²) < 4.78 is 0. The molecule has 0 atom stereocenters. The van der Waals surface area contributed by atoms with Crippen LogP contribution in [0.25, 0.3) is 11.8 Å². The highest BCUT2D eigenvalue weighted by Gasteiger charge is 2.21. The zero-order valence-electron chi connectivity index (χ0n) is 7.01. The molecule has 0 unspecified atom stereocenters. The van der Waals surface area contributed by atoms with Gasteiger partial charge in [0.15, 0.2) is 0 Å². The molecule has 2 aliphatic rings. The van der Waals surface area contributed by atoms with Crippen molar-refractivity contribution < 1.29 is 4.79 Å². The fraction of sp³-hybridized carbons (Fsp3) is 0. The molecule has 1 aliphatic carbocycles. The topological polar surface area (TPSA) is 67.6 Å². The van der Waals surface area contributed by atoms with E-state index in [4.69, 9.17) is 0 Å². The molecule has 5 heteroatoms. The van der Waals surface area contributed by atoms with Gasteiger partial charge in [-0.1, -0.05) is 0 Å². The monoisotopic (exact) mass is 184 g/mol. The summed E-state index contributed by atoms with van der Waals surface area (Å²) in [7, 11) is 0. The van der Waals surface area contributed by atoms with Crippen LogP contribution in [0, 0.1) is 0 Å². The van der Waals surface area contributed by atoms with Gasteiger partial charge in [-0.2, -0.15) is 0 Å². The Morgan fingerprint density at radius 1 is 1.29 bits per heavy atom. The van der Waals surface area contributed by atoms with Gasteiger partial charge in [-0.3, -0.25) is 4.79 Å². The summed E-state index contributed by atoms with van der Waals surface area (Å²) in [5.41, 5.74) is 0.959. The summed E-state index contributed by atoms with van der Waals surface area (Å²) in [6.45, 7) is 0. The van der Waals surface area contributed by atoms with Gasteiger partial charge in [0, 0.05) is 17.5 Å². The van der Waals surface area contributed by atoms with Crippen molar-refractivity contribution in [1.82, 2.24) is 9.97 Å². The standard InChI is InChI=1S/C9H4N4O/c14-7-1-6-5(2-10-3-11-6)8-9(7)13-4-12-8/h1-4H. The van der Waals surface area contributed by atoms with Gasteiger partial charge >= 0.3 is 0 Å². The number of aromatic nitrogens is 2. The summed E-state index contributed by atoms with van der Waals surface area (Å²) in [6, 6.07) is 0. The lowest BCUT2D eigenvalue weighted by Crippen LogP contribution is -2.38. The fourth-order valence-electron chi connectivity index (χ4n) is 1.47. The SMILES string of the molecule is O=C1C=c2ncncc2=C2N=CN=C12. The number of Topliss-reactive ketones (excluding diaryl/α,β-unsaturated/α-hetero) is 1. The van der Waals surface area contributed by atoms with Crippen LogP contribution in [0.15, 0.2) is 22.5 Å². The van der Waals surface area contributed by atoms with Gasteiger partial charge in [0.05, 0.1) is 5.35 Å². The lowest BCUT2D eigenvalue weighted by molar-refractivity contribution is -0.107. The molecule has 0 amide bonds. The minimum Gasteiger partial charge on any atom is -0.287 e. The first kappa shape index (κ1) is 7.25. The number of carbonyl (C=O) groups is 1. The van der Waals surface area contributed by atoms with E-state index in [1.807, 2.05) is 0 Å². The van der Waals surface area contributed by atoms with Crippen molar-refractivity contribution in [2.24, 2.45) is 9.98 Å². The molecular weight excluding hydrogens is 180 g/mol. The molecule has 1 aromatic heterocycles. The number of rotatable bonds is 0. The lowest BCUT2D eigenvalue weighted by atomic mass is 10.1. The summed E-state index contributed by atoms with van der Waals surface area (Å²) in [6.07, 6.45) is 5.87. The fourth-order valence-corrected chi connectivity index (χ4v) is 1.47. The highest BCUT2D eigenvalue weighted by Crippen LogP contribution is 2.08. The van der Waals surface area contributed by atoms with E-state index in [1.54, 1.807) is 6.20 Å². The third kappa shape index (κ3) is 0.806. The average molecular weight is 184 g/mol. The second kappa shape index (κ2) is 2.41. The van der Waals surface area contributed by atoms with Crippen LogP contribution < -0.4 is 10.6 Å². The lowest BCUT2D eigenvalue weighted by Gasteiger charge is -2.02. The molecule has 0 N–H and O–H groups in total. The van der Waals surface area contributed by atoms with E-state index in [0.29, 0.717) is 16.8 Å². The maximum Gasteiger partial charge on any atom is 0.208 e. The predicted molar refractivity (Wildman–Crippen MR) is 50.1 cm³/mol. The Balaban J connectivity index is 2.57. The maximum atomic E-state index is 11.5. The number of hydrogen-bond acceptors (Lipinski definition) is 5. The van der Waals surface area contributed by atoms with Crippen LogP contribution in [-0.2, 0) is 4.79 Å². The van der Waals surface area contributed by atoms with Crippen molar-refractivity contribution >= 4 is 29.6 Å². The van der Waals surface area contributed by atoms with E-state index in [-0.39, 0.29) is 5.78 Å². The third-order valence-corrected chi connectivity index (χ3v) is 2.10. The van der Waals surface area contributed by atoms with E-state index < -0.39 is 0 Å². The highest BCUT2D eigenvalue weighted by molar-refractivity contribution is 6.64. The second-order valence-corrected chi connectivity index (χ2v) is 2.90. The molecule has 0 spiro atoms. The van der Waals surface area contributed by atoms with Crippen LogP contribution in [-0.4, -0.2) is 27.8 Å². The van der Waals surface area contributed by atoms with Crippen LogP contribution in [0.4, 0.5) is 0 Å². The Kier molecular flexibility index (Phi) is 1.25. The zero-order valence-corrected chi connectivity index (χ0v) is 7.01. The van der Waals surface area contributed by atoms with Crippen molar-refractivity contribution in [2.45, 2.75) is 0 Å². The number of aliphatic imine (C=N–C) groups is 2. The number of carbonyl (C=O) groups excluding carboxylic acids is 1. The largest absolute Gasteiger partial charge is 0.287 e. The van der Waals surface area contributed by atoms with Crippen LogP contribution >= 0.6 is 0 Å². The molecule has 0 radical (unpaired) electrons. The maximum absolute atomic E-state index is 11.5. The number of ketones is 1. The molecule has 0 saturated heterocycles. The Morgan fingerprint density at radius 3 is 3.14 bits per heavy atom. The Hall–Kier alpha value is -2.17. The van der Waals surface area contributed by atoms with Crippen molar-refractivity contribution in [3.8, 4) is 0 Å². The normalized spacial score (nSPS) is 17.3. The van der Waals surface area contributed by atoms with E-state index in [9.17, 15) is 4.79 Å². The summed E-state index contributed by atoms with van der Waals surface area (Å²) in [5.74, 6) is -0.149. The van der Waals surface area contributed by atoms with Gasteiger partial charge in [-0.05, 0) is 0 Å². The van der Waals surface area contributed by atoms with Gasteiger partial charge in [0.2, 0.25) is 5.78 Å². The molecule has 0 aromatic carbocycles. The van der Waals surface area contributed by atoms with Crippen LogP contribution in [0.5, 0.6) is 0 Å². The molecule has 66 valence electrons. The van der Waals surface area contributed by atoms with Gasteiger partial charge in [-0.25, -0.2) is 20.0 Å². The average Bonchev–Trinajstić information content (AvgIpc) is 2.67. The molecule has 2 heterocycles. The number of nitrogens with zero attached hydrogens (tertiary/aromatic N) is 4. The highest BCUT2D eigenvalue weighted by atomic mass is 16.1. The van der Waals surface area contributed by atoms with Gasteiger partial charge in [-0.15, -0.1) is 0 Å². The molecular formula is C9H4N4O. The minimum absolute atomic E-state index is 0.149. The minimum atomic E-state index is -0.149. The molecule has 0 bridgehead atoms. The van der Waals surface area contributed by atoms with Crippen molar-refractivity contribution in [3.63, 3.8) is 0 Å². The van der Waals surface area contributed by atoms with Gasteiger partial charge < -0.3 is 0 Å². The quantitative estimate of drug-likeness (QED) is 0.489. The second-order valence-electron chi connectivity index (χ2n) is 2.90. The summed E-state index contributed by atoms with van der Waals surface area (Å²) >= 11 is 0. The van der Waals surface area contributed by atoms with Crippen molar-refractivity contribution in [3.05, 3.63) is 23.1 Å². The number of hydrogen-bond donors (Lipinski definition) is 0. The first-order valence-electron chi connectivity index (χ1n) is 4.03. The van der Waals surface area contributed by atoms with Crippen LogP contribution in [0.2, 0.25) is 0 Å². The van der Waals surface area contributed by atoms with Gasteiger partial charge in [0.25, 0.3) is 0 Å². The first-order chi connectivity index (χ1) is 6.86. The van der Waals surface area contributed by atoms with Crippen molar-refractivity contribution in [2.75, 3.05) is 0 Å². The predicted octanol–water partition coefficient (Wildman–Crippen LogP) is -1.57. The van der Waals surface area contributed by atoms with E-state index in [1.165, 1.54) is 18.7 Å². The third-order valence-electron chi connectivity index (χ3n) is 2.10. The smallest absolute Gasteiger partial charge is 0.208 e. The summed E-state index contributed by atoms with van der Waals surface area (Å²) in [4.78, 5) is 27.3. The molecule has 14 heavy (non-hydrogen) atoms. The van der Waals surface area contributed by atoms with Crippen LogP contribution in [0.1, 0.15) is 0 Å². The van der Waals surface area contributed by atoms with Crippen LogP contribution in [0.3, 0.4) is 0 Å². The molecule has 5 nitrogen and oxygen atoms in total. The molecule has 1 aromatic rings. The molecule has 1 aliphatic heterocycles. The van der Waals surface area contributed by atoms with Crippen molar-refractivity contribution in [1.29, 1.82) is 0 Å². The molecule has 0 saturated carbocycles. The Labute approximate surface area is 78.3 Å². The Morgan fingerprint density at radius 2 is 2.21 bits per heavy atom. The molecule has 3 rings (SSSR count). The Bertz CT molecular complexity index is 612. The van der Waals surface area contributed by atoms with E-state index in [0.717, 1.165) is 5.22 Å². The first-order valence-corrected chi connectivity index (χ1v) is 4.03. The zero-order chi connectivity index (χ0) is 9.54. The molecule has 0 fully saturated rings. The van der Waals surface area contributed by atoms with E-state index >= 15 is 0 Å². The van der Waals surface area contributed by atoms with E-state index in [2.05, 4.69) is 20.0 Å². The van der Waals surface area contributed by atoms with Gasteiger partial charge in [0.1, 0.15) is 24.1 Å². The number of fused-ring (bicyclic) bond motifs is 2. The summed E-state index contributed by atoms with van der Waals surface area (Å²) in [5, 5.41) is 1.37.